The molecule has 5 nitrogen and oxygen atoms in total. The van der Waals surface area contributed by atoms with Crippen molar-refractivity contribution in [2.45, 2.75) is 0 Å². The molecule has 0 atom stereocenters. The molecular weight excluding hydrogens is 360 g/mol. The summed E-state index contributed by atoms with van der Waals surface area (Å²) in [7, 11) is 0. The van der Waals surface area contributed by atoms with Gasteiger partial charge in [-0.25, -0.2) is 9.47 Å². The second-order valence-electron chi connectivity index (χ2n) is 4.81. The average Bonchev–Trinajstić information content (AvgIpc) is 2.55. The maximum Gasteiger partial charge on any atom is 0.337 e. The molecule has 114 valence electrons. The quantitative estimate of drug-likeness (QED) is 0.718. The number of carbonyl (C=O) groups is 1. The third-order valence-corrected chi connectivity index (χ3v) is 4.09. The van der Waals surface area contributed by atoms with Gasteiger partial charge in [0.15, 0.2) is 0 Å². The van der Waals surface area contributed by atoms with Gasteiger partial charge in [-0.15, -0.1) is 0 Å². The second-order valence-corrected chi connectivity index (χ2v) is 5.66. The molecule has 0 saturated heterocycles. The predicted octanol–water partition coefficient (Wildman–Crippen LogP) is 3.34. The highest BCUT2D eigenvalue weighted by Gasteiger charge is 2.13. The molecule has 0 bridgehead atoms. The van der Waals surface area contributed by atoms with Crippen LogP contribution in [-0.2, 0) is 0 Å². The first-order valence-electron chi connectivity index (χ1n) is 6.74. The fourth-order valence-electron chi connectivity index (χ4n) is 2.24. The maximum absolute atomic E-state index is 12.5. The van der Waals surface area contributed by atoms with Crippen LogP contribution in [0.15, 0.2) is 69.1 Å². The molecule has 0 fully saturated rings. The van der Waals surface area contributed by atoms with Gasteiger partial charge in [-0.1, -0.05) is 52.3 Å². The number of hydrogen-bond acceptors (Lipinski definition) is 3. The molecule has 0 amide bonds. The number of aromatic nitrogens is 1. The molecule has 1 N–H and O–H groups in total. The van der Waals surface area contributed by atoms with E-state index in [2.05, 4.69) is 21.0 Å². The van der Waals surface area contributed by atoms with Crippen molar-refractivity contribution in [3.05, 3.63) is 80.7 Å². The van der Waals surface area contributed by atoms with Gasteiger partial charge in [-0.2, -0.15) is 5.10 Å². The van der Waals surface area contributed by atoms with Crippen LogP contribution in [-0.4, -0.2) is 22.0 Å². The molecule has 3 aromatic rings. The standard InChI is InChI=1S/C17H11BrN2O3/c18-15-8-4-1-5-11(15)9-19-20-10-14(17(22)23)12-6-2-3-7-13(12)16(20)21/h1-10H,(H,22,23)/b19-9+. The summed E-state index contributed by atoms with van der Waals surface area (Å²) in [5.74, 6) is -1.11. The van der Waals surface area contributed by atoms with Crippen molar-refractivity contribution in [1.29, 1.82) is 0 Å². The van der Waals surface area contributed by atoms with Crippen LogP contribution >= 0.6 is 15.9 Å². The highest BCUT2D eigenvalue weighted by atomic mass is 79.9. The number of hydrogen-bond donors (Lipinski definition) is 1. The molecule has 0 aliphatic rings. The minimum atomic E-state index is -1.11. The lowest BCUT2D eigenvalue weighted by Gasteiger charge is -2.06. The molecule has 0 aliphatic carbocycles. The van der Waals surface area contributed by atoms with Crippen LogP contribution in [0.5, 0.6) is 0 Å². The zero-order valence-corrected chi connectivity index (χ0v) is 13.4. The van der Waals surface area contributed by atoms with Crippen molar-refractivity contribution < 1.29 is 9.90 Å². The van der Waals surface area contributed by atoms with Crippen LogP contribution in [0.4, 0.5) is 0 Å². The third-order valence-electron chi connectivity index (χ3n) is 3.36. The molecule has 2 aromatic carbocycles. The zero-order valence-electron chi connectivity index (χ0n) is 11.8. The van der Waals surface area contributed by atoms with Gasteiger partial charge in [0, 0.05) is 27.0 Å². The minimum Gasteiger partial charge on any atom is -0.478 e. The van der Waals surface area contributed by atoms with Crippen molar-refractivity contribution in [2.75, 3.05) is 0 Å². The average molecular weight is 371 g/mol. The van der Waals surface area contributed by atoms with Crippen LogP contribution in [0.1, 0.15) is 15.9 Å². The summed E-state index contributed by atoms with van der Waals surface area (Å²) < 4.78 is 1.88. The summed E-state index contributed by atoms with van der Waals surface area (Å²) in [5.41, 5.74) is 0.447. The summed E-state index contributed by atoms with van der Waals surface area (Å²) in [6, 6.07) is 14.0. The van der Waals surface area contributed by atoms with E-state index in [1.165, 1.54) is 12.4 Å². The third kappa shape index (κ3) is 2.93. The minimum absolute atomic E-state index is 0.0319. The van der Waals surface area contributed by atoms with E-state index >= 15 is 0 Å². The molecule has 0 radical (unpaired) electrons. The first-order valence-corrected chi connectivity index (χ1v) is 7.54. The summed E-state index contributed by atoms with van der Waals surface area (Å²) in [6.45, 7) is 0. The van der Waals surface area contributed by atoms with E-state index < -0.39 is 5.97 Å². The topological polar surface area (TPSA) is 71.7 Å². The summed E-state index contributed by atoms with van der Waals surface area (Å²) in [5, 5.41) is 14.2. The molecule has 1 heterocycles. The number of rotatable bonds is 3. The lowest BCUT2D eigenvalue weighted by molar-refractivity contribution is 0.0698. The van der Waals surface area contributed by atoms with E-state index in [4.69, 9.17) is 0 Å². The normalized spacial score (nSPS) is 11.2. The number of carboxylic acids is 1. The Hall–Kier alpha value is -2.73. The lowest BCUT2D eigenvalue weighted by atomic mass is 10.1. The van der Waals surface area contributed by atoms with Crippen molar-refractivity contribution in [3.8, 4) is 0 Å². The fraction of sp³-hybridized carbons (Fsp3) is 0. The molecule has 6 heteroatoms. The van der Waals surface area contributed by atoms with Gasteiger partial charge in [0.1, 0.15) is 0 Å². The molecule has 23 heavy (non-hydrogen) atoms. The van der Waals surface area contributed by atoms with Gasteiger partial charge in [0.2, 0.25) is 0 Å². The van der Waals surface area contributed by atoms with Crippen LogP contribution in [0, 0.1) is 0 Å². The van der Waals surface area contributed by atoms with E-state index in [9.17, 15) is 14.7 Å². The Balaban J connectivity index is 2.19. The summed E-state index contributed by atoms with van der Waals surface area (Å²) >= 11 is 3.39. The van der Waals surface area contributed by atoms with E-state index in [1.807, 2.05) is 24.3 Å². The Labute approximate surface area is 139 Å². The monoisotopic (exact) mass is 370 g/mol. The first-order chi connectivity index (χ1) is 11.1. The zero-order chi connectivity index (χ0) is 16.4. The fourth-order valence-corrected chi connectivity index (χ4v) is 2.63. The van der Waals surface area contributed by atoms with Crippen molar-refractivity contribution in [2.24, 2.45) is 5.10 Å². The van der Waals surface area contributed by atoms with Crippen molar-refractivity contribution in [3.63, 3.8) is 0 Å². The van der Waals surface area contributed by atoms with Crippen LogP contribution in [0.2, 0.25) is 0 Å². The smallest absolute Gasteiger partial charge is 0.337 e. The van der Waals surface area contributed by atoms with E-state index in [1.54, 1.807) is 24.3 Å². The number of carboxylic acid groups (broad SMARTS) is 1. The van der Waals surface area contributed by atoms with Crippen LogP contribution in [0.25, 0.3) is 10.8 Å². The van der Waals surface area contributed by atoms with Gasteiger partial charge < -0.3 is 5.11 Å². The Morgan fingerprint density at radius 1 is 1.09 bits per heavy atom. The number of benzene rings is 2. The van der Waals surface area contributed by atoms with Gasteiger partial charge in [-0.3, -0.25) is 4.79 Å². The SMILES string of the molecule is O=C(O)c1cn(/N=C/c2ccccc2Br)c(=O)c2ccccc12. The molecular formula is C17H11BrN2O3. The Morgan fingerprint density at radius 3 is 2.43 bits per heavy atom. The number of aromatic carboxylic acids is 1. The van der Waals surface area contributed by atoms with Gasteiger partial charge in [0.25, 0.3) is 5.56 Å². The van der Waals surface area contributed by atoms with E-state index in [0.29, 0.717) is 10.8 Å². The van der Waals surface area contributed by atoms with Crippen LogP contribution < -0.4 is 5.56 Å². The van der Waals surface area contributed by atoms with Crippen LogP contribution in [0.3, 0.4) is 0 Å². The molecule has 3 rings (SSSR count). The highest BCUT2D eigenvalue weighted by Crippen LogP contribution is 2.16. The number of halogens is 1. The number of nitrogens with zero attached hydrogens (tertiary/aromatic N) is 2. The Kier molecular flexibility index (Phi) is 4.08. The Bertz CT molecular complexity index is 993. The first kappa shape index (κ1) is 15.2. The van der Waals surface area contributed by atoms with Crippen molar-refractivity contribution in [1.82, 2.24) is 4.68 Å². The number of fused-ring (bicyclic) bond motifs is 1. The Morgan fingerprint density at radius 2 is 1.74 bits per heavy atom. The van der Waals surface area contributed by atoms with E-state index in [0.717, 1.165) is 14.7 Å². The largest absolute Gasteiger partial charge is 0.478 e. The van der Waals surface area contributed by atoms with E-state index in [-0.39, 0.29) is 11.1 Å². The second kappa shape index (κ2) is 6.18. The van der Waals surface area contributed by atoms with Crippen molar-refractivity contribution >= 4 is 38.9 Å². The van der Waals surface area contributed by atoms with Gasteiger partial charge in [-0.05, 0) is 12.1 Å². The predicted molar refractivity (Wildman–Crippen MR) is 92.3 cm³/mol. The lowest BCUT2D eigenvalue weighted by Crippen LogP contribution is -2.19. The molecule has 0 spiro atoms. The molecule has 0 saturated carbocycles. The van der Waals surface area contributed by atoms with Gasteiger partial charge >= 0.3 is 5.97 Å². The van der Waals surface area contributed by atoms with Gasteiger partial charge in [0.05, 0.1) is 11.8 Å². The number of pyridine rings is 1. The highest BCUT2D eigenvalue weighted by molar-refractivity contribution is 9.10. The summed E-state index contributed by atoms with van der Waals surface area (Å²) in [6.07, 6.45) is 2.74. The molecule has 0 aliphatic heterocycles. The maximum atomic E-state index is 12.5. The summed E-state index contributed by atoms with van der Waals surface area (Å²) in [4.78, 5) is 23.9. The molecule has 0 unspecified atom stereocenters. The molecule has 1 aromatic heterocycles.